The van der Waals surface area contributed by atoms with Crippen LogP contribution in [0.3, 0.4) is 0 Å². The first-order valence-corrected chi connectivity index (χ1v) is 47.8. The number of rotatable bonds is 48. The maximum absolute atomic E-state index is 11.7. The molecule has 0 aromatic heterocycles. The van der Waals surface area contributed by atoms with Crippen molar-refractivity contribution < 1.29 is 172 Å². The zero-order valence-corrected chi connectivity index (χ0v) is 90.8. The van der Waals surface area contributed by atoms with Gasteiger partial charge in [0.15, 0.2) is 0 Å². The van der Waals surface area contributed by atoms with Gasteiger partial charge < -0.3 is 85.3 Å². The Morgan fingerprint density at radius 1 is 0.257 bits per heavy atom. The van der Waals surface area contributed by atoms with Gasteiger partial charge in [0.2, 0.25) is 50.4 Å². The summed E-state index contributed by atoms with van der Waals surface area (Å²) in [6, 6.07) is 0. The molecule has 1 unspecified atom stereocenters. The zero-order valence-electron chi connectivity index (χ0n) is 90.8. The highest BCUT2D eigenvalue weighted by molar-refractivity contribution is 5.88. The molecule has 1 fully saturated rings. The largest absolute Gasteiger partial charge is 0.466 e. The Morgan fingerprint density at radius 3 is 0.713 bits per heavy atom. The van der Waals surface area contributed by atoms with Crippen molar-refractivity contribution in [1.82, 2.24) is 0 Å². The van der Waals surface area contributed by atoms with E-state index in [2.05, 4.69) is 4.74 Å². The van der Waals surface area contributed by atoms with Crippen molar-refractivity contribution in [3.8, 4) is 0 Å². The second-order valence-corrected chi connectivity index (χ2v) is 37.6. The molecule has 0 aromatic carbocycles. The molecule has 0 radical (unpaired) electrons. The van der Waals surface area contributed by atoms with Gasteiger partial charge in [-0.15, -0.1) is 0 Å². The molecule has 0 spiro atoms. The standard InChI is InChI=1S/4C12H22O4.C11H18O4.2C11H20O4.C10H18O4.C9H16O4/c1-7-8-9(13)15-12(5,6)10(14)16-11(2,3)4;1-6-7-10(13)16-12(4,5)11(14)15-8-9(2)3;1-6-8-10(13)16-12(4,5)11(14)15-9(3)7-2;1-5-7-9-15-11(14)12(3,4)16-10(13)8-6-2;1-4-5-9(12)15-11(2,3)10(13)14-8-6-7-8;1-6-7-9(12)15-11(4,5)10(13)14-8(2)3;1-5-7-9(12)15-11(3,4)10(13)14-8-6-2;1-5-7-8(11)14-10(3,4)9(12)13-6-2;1-5-6-7(10)13-9(2,3)8(11)12-4/h7-8H2,1-6H3;2*9H,6-8H2,1-5H3;5-9H2,1-4H3;8H,4-7H2,1-3H3;8H,6-7H2,1-5H3;5-8H2,1-4H3;5-7H2,1-4H3;5-6H2,1-4H3. The van der Waals surface area contributed by atoms with Crippen LogP contribution < -0.4 is 0 Å². The predicted molar refractivity (Wildman–Crippen MR) is 509 cm³/mol. The summed E-state index contributed by atoms with van der Waals surface area (Å²) in [7, 11) is 1.26. The molecule has 0 amide bonds. The van der Waals surface area contributed by atoms with Crippen LogP contribution in [0.1, 0.15) is 424 Å². The van der Waals surface area contributed by atoms with Gasteiger partial charge in [-0.1, -0.05) is 103 Å². The van der Waals surface area contributed by atoms with Crippen LogP contribution >= 0.6 is 0 Å². The minimum absolute atomic E-state index is 0.0432. The second kappa shape index (κ2) is 73.6. The number of esters is 18. The van der Waals surface area contributed by atoms with Crippen LogP contribution in [0.5, 0.6) is 0 Å². The molecule has 136 heavy (non-hydrogen) atoms. The lowest BCUT2D eigenvalue weighted by Gasteiger charge is -2.28. The van der Waals surface area contributed by atoms with Gasteiger partial charge in [-0.05, 0) is 269 Å². The highest BCUT2D eigenvalue weighted by Gasteiger charge is 2.42. The van der Waals surface area contributed by atoms with Gasteiger partial charge in [0.05, 0.1) is 45.7 Å². The maximum atomic E-state index is 11.7. The molecule has 1 aliphatic carbocycles. The fraction of sp³-hybridized carbons (Fsp3) is 0.820. The van der Waals surface area contributed by atoms with E-state index in [0.717, 1.165) is 38.5 Å². The fourth-order valence-corrected chi connectivity index (χ4v) is 8.70. The van der Waals surface area contributed by atoms with Crippen LogP contribution in [0, 0.1) is 5.92 Å². The highest BCUT2D eigenvalue weighted by atomic mass is 16.7. The first kappa shape index (κ1) is 142. The molecule has 0 heterocycles. The lowest BCUT2D eigenvalue weighted by atomic mass is 10.1. The van der Waals surface area contributed by atoms with Crippen molar-refractivity contribution in [2.45, 2.75) is 498 Å². The van der Waals surface area contributed by atoms with Crippen molar-refractivity contribution >= 4 is 107 Å². The van der Waals surface area contributed by atoms with E-state index in [0.29, 0.717) is 135 Å². The summed E-state index contributed by atoms with van der Waals surface area (Å²) in [5.74, 6) is -7.54. The Hall–Kier alpha value is -9.54. The van der Waals surface area contributed by atoms with E-state index in [9.17, 15) is 86.3 Å². The second-order valence-electron chi connectivity index (χ2n) is 37.6. The molecule has 0 saturated heterocycles. The van der Waals surface area contributed by atoms with E-state index < -0.39 is 110 Å². The number of carbonyl (C=O) groups is 18. The van der Waals surface area contributed by atoms with Crippen LogP contribution in [-0.2, 0) is 172 Å². The SMILES string of the molecule is CCCC(=O)OC(C)(C)C(=O)OC.CCCC(=O)OC(C)(C)C(=O)OC(C)(C)C.CCCC(=O)OC(C)(C)C(=O)OC(C)C.CCCC(=O)OC(C)(C)C(=O)OC(C)CC.CCCC(=O)OC(C)(C)C(=O)OC1CC1.CCCC(=O)OC(C)(C)C(=O)OCC.CCCC(=O)OC(C)(C)C(=O)OCC(C)C.CCCCOC(=O)C(C)(C)OC(=O)CCC.CCCOC(=O)C(C)(C)OC(=O)CCC. The van der Waals surface area contributed by atoms with Gasteiger partial charge in [0.25, 0.3) is 0 Å². The summed E-state index contributed by atoms with van der Waals surface area (Å²) in [5, 5.41) is 0. The minimum atomic E-state index is -1.22. The number of ether oxygens (including phenoxy) is 18. The molecule has 0 bridgehead atoms. The number of methoxy groups -OCH3 is 1. The first-order valence-electron chi connectivity index (χ1n) is 47.8. The summed E-state index contributed by atoms with van der Waals surface area (Å²) in [6.45, 7) is 68.0. The lowest BCUT2D eigenvalue weighted by molar-refractivity contribution is -0.186. The summed E-state index contributed by atoms with van der Waals surface area (Å²) in [4.78, 5) is 204. The van der Waals surface area contributed by atoms with Gasteiger partial charge in [0.1, 0.15) is 11.7 Å². The Labute approximate surface area is 813 Å². The van der Waals surface area contributed by atoms with E-state index in [1.807, 2.05) is 104 Å². The number of unbranched alkanes of at least 4 members (excludes halogenated alkanes) is 1. The topological polar surface area (TPSA) is 473 Å². The lowest BCUT2D eigenvalue weighted by Crippen LogP contribution is -2.42. The molecule has 0 aliphatic heterocycles. The molecule has 0 N–H and O–H groups in total. The predicted octanol–water partition coefficient (Wildman–Crippen LogP) is 18.5. The average Bonchev–Trinajstić information content (AvgIpc) is 1.75. The molecular weight excluding hydrogens is 1780 g/mol. The third kappa shape index (κ3) is 76.5. The van der Waals surface area contributed by atoms with Crippen LogP contribution in [-0.4, -0.2) is 215 Å². The number of hydrogen-bond donors (Lipinski definition) is 0. The highest BCUT2D eigenvalue weighted by Crippen LogP contribution is 2.28. The molecule has 1 saturated carbocycles. The normalized spacial score (nSPS) is 12.0. The summed E-state index contributed by atoms with van der Waals surface area (Å²) in [5.41, 5.74) is -11.3. The molecule has 0 aromatic rings. The molecule has 36 nitrogen and oxygen atoms in total. The van der Waals surface area contributed by atoms with Crippen LogP contribution in [0.15, 0.2) is 0 Å². The number of hydrogen-bond acceptors (Lipinski definition) is 36. The summed E-state index contributed by atoms with van der Waals surface area (Å²) >= 11 is 0. The van der Waals surface area contributed by atoms with Gasteiger partial charge in [-0.25, -0.2) is 43.2 Å². The smallest absolute Gasteiger partial charge is 0.350 e. The van der Waals surface area contributed by atoms with E-state index in [-0.39, 0.29) is 84.6 Å². The van der Waals surface area contributed by atoms with Gasteiger partial charge >= 0.3 is 107 Å². The van der Waals surface area contributed by atoms with E-state index in [1.54, 1.807) is 111 Å². The molecule has 1 aliphatic rings. The van der Waals surface area contributed by atoms with Crippen molar-refractivity contribution in [1.29, 1.82) is 0 Å². The molecular formula is C100H180O36. The molecule has 1 rings (SSSR count). The van der Waals surface area contributed by atoms with E-state index in [1.165, 1.54) is 62.5 Å². The van der Waals surface area contributed by atoms with Gasteiger partial charge in [-0.2, -0.15) is 0 Å². The quantitative estimate of drug-likeness (QED) is 0.0310. The number of carbonyl (C=O) groups excluding carboxylic acids is 18. The molecule has 1 atom stereocenters. The Balaban J connectivity index is -0.000000226. The Kier molecular flexibility index (Phi) is 76.8. The average molecular weight is 1960 g/mol. The van der Waals surface area contributed by atoms with Crippen LogP contribution in [0.2, 0.25) is 0 Å². The Morgan fingerprint density at radius 2 is 0.493 bits per heavy atom. The maximum Gasteiger partial charge on any atom is 0.350 e. The van der Waals surface area contributed by atoms with Crippen LogP contribution in [0.25, 0.3) is 0 Å². The molecule has 36 heteroatoms. The van der Waals surface area contributed by atoms with Gasteiger partial charge in [0, 0.05) is 57.8 Å². The monoisotopic (exact) mass is 1960 g/mol. The summed E-state index contributed by atoms with van der Waals surface area (Å²) in [6.07, 6.45) is 14.0. The van der Waals surface area contributed by atoms with Crippen molar-refractivity contribution in [2.75, 3.05) is 33.5 Å². The van der Waals surface area contributed by atoms with Crippen molar-refractivity contribution in [3.05, 3.63) is 0 Å². The van der Waals surface area contributed by atoms with Crippen molar-refractivity contribution in [2.24, 2.45) is 5.92 Å². The van der Waals surface area contributed by atoms with Crippen molar-refractivity contribution in [3.63, 3.8) is 0 Å². The minimum Gasteiger partial charge on any atom is -0.466 e. The van der Waals surface area contributed by atoms with Gasteiger partial charge in [-0.3, -0.25) is 43.2 Å². The summed E-state index contributed by atoms with van der Waals surface area (Å²) < 4.78 is 89.8. The third-order valence-electron chi connectivity index (χ3n) is 16.4. The fourth-order valence-electron chi connectivity index (χ4n) is 8.70. The first-order chi connectivity index (χ1) is 62.2. The Bertz CT molecular complexity index is 3480. The van der Waals surface area contributed by atoms with Crippen LogP contribution in [0.4, 0.5) is 0 Å². The zero-order chi connectivity index (χ0) is 108. The van der Waals surface area contributed by atoms with E-state index >= 15 is 0 Å². The third-order valence-corrected chi connectivity index (χ3v) is 16.4. The van der Waals surface area contributed by atoms with E-state index in [4.69, 9.17) is 80.5 Å². The molecule has 796 valence electrons.